The fourth-order valence-electron chi connectivity index (χ4n) is 1.67. The first-order valence-corrected chi connectivity index (χ1v) is 7.62. The summed E-state index contributed by atoms with van der Waals surface area (Å²) in [6, 6.07) is 9.13. The van der Waals surface area contributed by atoms with Crippen LogP contribution < -0.4 is 4.72 Å². The number of benzene rings is 1. The quantitative estimate of drug-likeness (QED) is 0.911. The molecule has 1 aromatic heterocycles. The van der Waals surface area contributed by atoms with E-state index in [1.165, 1.54) is 25.3 Å². The third kappa shape index (κ3) is 3.71. The van der Waals surface area contributed by atoms with E-state index in [4.69, 9.17) is 9.15 Å². The average molecular weight is 309 g/mol. The van der Waals surface area contributed by atoms with Crippen LogP contribution in [0.5, 0.6) is 0 Å². The molecule has 0 aliphatic carbocycles. The van der Waals surface area contributed by atoms with Crippen LogP contribution in [0, 0.1) is 6.92 Å². The summed E-state index contributed by atoms with van der Waals surface area (Å²) in [5, 5.41) is 0. The SMILES string of the molecule is COCc1ccc(C(=O)NS(=O)(=O)c2ccc(C)cc2)o1. The maximum atomic E-state index is 12.1. The Morgan fingerprint density at radius 1 is 1.19 bits per heavy atom. The molecule has 7 heteroatoms. The number of rotatable bonds is 5. The monoisotopic (exact) mass is 309 g/mol. The summed E-state index contributed by atoms with van der Waals surface area (Å²) in [5.74, 6) is -0.467. The maximum Gasteiger partial charge on any atom is 0.300 e. The molecule has 0 spiro atoms. The van der Waals surface area contributed by atoms with Crippen molar-refractivity contribution < 1.29 is 22.4 Å². The second-order valence-corrected chi connectivity index (χ2v) is 6.13. The highest BCUT2D eigenvalue weighted by molar-refractivity contribution is 7.90. The van der Waals surface area contributed by atoms with Crippen molar-refractivity contribution >= 4 is 15.9 Å². The van der Waals surface area contributed by atoms with Crippen molar-refractivity contribution in [3.8, 4) is 0 Å². The van der Waals surface area contributed by atoms with E-state index < -0.39 is 15.9 Å². The Hall–Kier alpha value is -2.12. The Kier molecular flexibility index (Phi) is 4.44. The highest BCUT2D eigenvalue weighted by Crippen LogP contribution is 2.13. The van der Waals surface area contributed by atoms with Crippen molar-refractivity contribution in [1.29, 1.82) is 0 Å². The lowest BCUT2D eigenvalue weighted by atomic mass is 10.2. The van der Waals surface area contributed by atoms with E-state index in [2.05, 4.69) is 0 Å². The summed E-state index contributed by atoms with van der Waals surface area (Å²) < 4.78 is 36.1. The second-order valence-electron chi connectivity index (χ2n) is 4.45. The summed E-state index contributed by atoms with van der Waals surface area (Å²) in [6.45, 7) is 2.05. The highest BCUT2D eigenvalue weighted by Gasteiger charge is 2.20. The van der Waals surface area contributed by atoms with E-state index in [0.29, 0.717) is 5.76 Å². The van der Waals surface area contributed by atoms with Crippen LogP contribution >= 0.6 is 0 Å². The van der Waals surface area contributed by atoms with Crippen LogP contribution in [-0.4, -0.2) is 21.4 Å². The first-order chi connectivity index (χ1) is 9.92. The minimum Gasteiger partial charge on any atom is -0.453 e. The lowest BCUT2D eigenvalue weighted by Gasteiger charge is -2.05. The number of methoxy groups -OCH3 is 1. The van der Waals surface area contributed by atoms with E-state index in [0.717, 1.165) is 5.56 Å². The van der Waals surface area contributed by atoms with Crippen molar-refractivity contribution in [2.24, 2.45) is 0 Å². The van der Waals surface area contributed by atoms with Crippen LogP contribution in [0.2, 0.25) is 0 Å². The molecule has 0 unspecified atom stereocenters. The number of carbonyl (C=O) groups excluding carboxylic acids is 1. The number of hydrogen-bond donors (Lipinski definition) is 1. The molecule has 0 atom stereocenters. The smallest absolute Gasteiger partial charge is 0.300 e. The van der Waals surface area contributed by atoms with Gasteiger partial charge in [0, 0.05) is 7.11 Å². The molecule has 2 aromatic rings. The first-order valence-electron chi connectivity index (χ1n) is 6.14. The standard InChI is InChI=1S/C14H15NO5S/c1-10-3-6-12(7-4-10)21(17,18)15-14(16)13-8-5-11(20-13)9-19-2/h3-8H,9H2,1-2H3,(H,15,16). The van der Waals surface area contributed by atoms with Gasteiger partial charge >= 0.3 is 5.91 Å². The average Bonchev–Trinajstić information content (AvgIpc) is 2.88. The molecule has 0 radical (unpaired) electrons. The Morgan fingerprint density at radius 2 is 1.86 bits per heavy atom. The van der Waals surface area contributed by atoms with Gasteiger partial charge in [-0.2, -0.15) is 0 Å². The first kappa shape index (κ1) is 15.3. The van der Waals surface area contributed by atoms with Crippen molar-refractivity contribution in [3.63, 3.8) is 0 Å². The van der Waals surface area contributed by atoms with Crippen molar-refractivity contribution in [2.75, 3.05) is 7.11 Å². The number of hydrogen-bond acceptors (Lipinski definition) is 5. The zero-order valence-electron chi connectivity index (χ0n) is 11.6. The van der Waals surface area contributed by atoms with Gasteiger partial charge in [-0.3, -0.25) is 4.79 Å². The third-order valence-electron chi connectivity index (χ3n) is 2.73. The molecule has 0 fully saturated rings. The normalized spacial score (nSPS) is 11.3. The third-order valence-corrected chi connectivity index (χ3v) is 4.08. The van der Waals surface area contributed by atoms with Crippen molar-refractivity contribution in [2.45, 2.75) is 18.4 Å². The van der Waals surface area contributed by atoms with Gasteiger partial charge in [-0.25, -0.2) is 13.1 Å². The number of nitrogens with one attached hydrogen (secondary N) is 1. The summed E-state index contributed by atoms with van der Waals surface area (Å²) >= 11 is 0. The van der Waals surface area contributed by atoms with E-state index in [1.807, 2.05) is 11.6 Å². The molecule has 0 bridgehead atoms. The van der Waals surface area contributed by atoms with Crippen LogP contribution in [-0.2, 0) is 21.4 Å². The molecular formula is C14H15NO5S. The Labute approximate surface area is 122 Å². The van der Waals surface area contributed by atoms with E-state index in [9.17, 15) is 13.2 Å². The van der Waals surface area contributed by atoms with Crippen LogP contribution in [0.4, 0.5) is 0 Å². The molecule has 0 saturated heterocycles. The number of aryl methyl sites for hydroxylation is 1. The van der Waals surface area contributed by atoms with E-state index in [-0.39, 0.29) is 17.3 Å². The van der Waals surface area contributed by atoms with Crippen molar-refractivity contribution in [3.05, 3.63) is 53.5 Å². The number of amides is 1. The lowest BCUT2D eigenvalue weighted by molar-refractivity contribution is 0.0945. The van der Waals surface area contributed by atoms with Gasteiger partial charge in [-0.15, -0.1) is 0 Å². The van der Waals surface area contributed by atoms with Crippen LogP contribution in [0.3, 0.4) is 0 Å². The van der Waals surface area contributed by atoms with Gasteiger partial charge in [0.25, 0.3) is 10.0 Å². The van der Waals surface area contributed by atoms with Gasteiger partial charge in [0.05, 0.1) is 4.90 Å². The molecule has 112 valence electrons. The number of carbonyl (C=O) groups is 1. The minimum atomic E-state index is -3.92. The molecular weight excluding hydrogens is 294 g/mol. The molecule has 1 aromatic carbocycles. The van der Waals surface area contributed by atoms with Gasteiger partial charge < -0.3 is 9.15 Å². The summed E-state index contributed by atoms with van der Waals surface area (Å²) in [4.78, 5) is 11.9. The number of sulfonamides is 1. The predicted molar refractivity (Wildman–Crippen MR) is 75.3 cm³/mol. The van der Waals surface area contributed by atoms with Gasteiger partial charge in [0.2, 0.25) is 0 Å². The second kappa shape index (κ2) is 6.11. The largest absolute Gasteiger partial charge is 0.453 e. The fraction of sp³-hybridized carbons (Fsp3) is 0.214. The molecule has 21 heavy (non-hydrogen) atoms. The molecule has 1 amide bonds. The van der Waals surface area contributed by atoms with E-state index in [1.54, 1.807) is 18.2 Å². The number of ether oxygens (including phenoxy) is 1. The van der Waals surface area contributed by atoms with Gasteiger partial charge in [0.1, 0.15) is 12.4 Å². The molecule has 0 saturated carbocycles. The lowest BCUT2D eigenvalue weighted by Crippen LogP contribution is -2.30. The zero-order valence-corrected chi connectivity index (χ0v) is 12.4. The van der Waals surface area contributed by atoms with Gasteiger partial charge in [-0.1, -0.05) is 17.7 Å². The van der Waals surface area contributed by atoms with Crippen LogP contribution in [0.15, 0.2) is 45.7 Å². The fourth-order valence-corrected chi connectivity index (χ4v) is 2.63. The Bertz CT molecular complexity index is 731. The molecule has 2 rings (SSSR count). The summed E-state index contributed by atoms with van der Waals surface area (Å²) in [5.41, 5.74) is 0.926. The molecule has 1 N–H and O–H groups in total. The predicted octanol–water partition coefficient (Wildman–Crippen LogP) is 1.85. The molecule has 0 aliphatic heterocycles. The number of furan rings is 1. The zero-order chi connectivity index (χ0) is 15.5. The minimum absolute atomic E-state index is 0.0186. The van der Waals surface area contributed by atoms with E-state index >= 15 is 0 Å². The summed E-state index contributed by atoms with van der Waals surface area (Å²) in [7, 11) is -2.43. The topological polar surface area (TPSA) is 85.6 Å². The highest BCUT2D eigenvalue weighted by atomic mass is 32.2. The molecule has 0 aliphatic rings. The Balaban J connectivity index is 2.15. The van der Waals surface area contributed by atoms with Crippen molar-refractivity contribution in [1.82, 2.24) is 4.72 Å². The maximum absolute atomic E-state index is 12.1. The van der Waals surface area contributed by atoms with Gasteiger partial charge in [-0.05, 0) is 31.2 Å². The molecule has 1 heterocycles. The van der Waals surface area contributed by atoms with Gasteiger partial charge in [0.15, 0.2) is 5.76 Å². The van der Waals surface area contributed by atoms with Crippen LogP contribution in [0.25, 0.3) is 0 Å². The molecule has 6 nitrogen and oxygen atoms in total. The Morgan fingerprint density at radius 3 is 2.48 bits per heavy atom. The summed E-state index contributed by atoms with van der Waals surface area (Å²) in [6.07, 6.45) is 0. The van der Waals surface area contributed by atoms with Crippen LogP contribution in [0.1, 0.15) is 21.9 Å².